The summed E-state index contributed by atoms with van der Waals surface area (Å²) < 4.78 is 10.5. The molecular weight excluding hydrogens is 500 g/mol. The van der Waals surface area contributed by atoms with Crippen molar-refractivity contribution in [2.45, 2.75) is 52.2 Å². The minimum absolute atomic E-state index is 0.0426. The van der Waals surface area contributed by atoms with Crippen molar-refractivity contribution in [1.82, 2.24) is 20.1 Å². The number of carbonyl (C=O) groups excluding carboxylic acids is 3. The van der Waals surface area contributed by atoms with Crippen molar-refractivity contribution in [3.05, 3.63) is 69.7 Å². The minimum atomic E-state index is -0.751. The number of alkyl carbamates (subject to hydrolysis) is 1. The lowest BCUT2D eigenvalue weighted by Gasteiger charge is -2.36. The molecule has 1 aliphatic rings. The average Bonchev–Trinajstić information content (AvgIpc) is 3.26. The molecule has 208 valence electrons. The zero-order chi connectivity index (χ0) is 28.2. The molecule has 1 saturated heterocycles. The van der Waals surface area contributed by atoms with Crippen LogP contribution in [0.15, 0.2) is 51.7 Å². The second kappa shape index (κ2) is 11.9. The molecule has 2 N–H and O–H groups in total. The van der Waals surface area contributed by atoms with E-state index in [0.717, 1.165) is 11.1 Å². The molecule has 1 atom stereocenters. The first-order valence-corrected chi connectivity index (χ1v) is 13.2. The summed E-state index contributed by atoms with van der Waals surface area (Å²) in [6, 6.07) is 12.1. The first-order valence-electron chi connectivity index (χ1n) is 13.2. The molecule has 10 nitrogen and oxygen atoms in total. The largest absolute Gasteiger partial charge is 0.444 e. The molecule has 1 fully saturated rings. The lowest BCUT2D eigenvalue weighted by Crippen LogP contribution is -2.56. The van der Waals surface area contributed by atoms with Crippen LogP contribution in [0.5, 0.6) is 0 Å². The van der Waals surface area contributed by atoms with Gasteiger partial charge in [-0.25, -0.2) is 9.59 Å². The van der Waals surface area contributed by atoms with Crippen molar-refractivity contribution >= 4 is 28.9 Å². The van der Waals surface area contributed by atoms with Crippen LogP contribution in [0.3, 0.4) is 0 Å². The van der Waals surface area contributed by atoms with Gasteiger partial charge in [0.25, 0.3) is 0 Å². The molecule has 0 spiro atoms. The molecule has 10 heteroatoms. The topological polar surface area (TPSA) is 125 Å². The molecule has 2 heterocycles. The van der Waals surface area contributed by atoms with Crippen molar-refractivity contribution in [3.63, 3.8) is 0 Å². The number of ether oxygens (including phenoxy) is 1. The molecule has 0 unspecified atom stereocenters. The number of nitrogens with one attached hydrogen (secondary N) is 2. The van der Waals surface area contributed by atoms with Gasteiger partial charge in [0.15, 0.2) is 11.4 Å². The number of oxazole rings is 1. The number of hydrogen-bond acceptors (Lipinski definition) is 7. The third-order valence-corrected chi connectivity index (χ3v) is 6.63. The zero-order valence-corrected chi connectivity index (χ0v) is 22.9. The van der Waals surface area contributed by atoms with Gasteiger partial charge in [0.1, 0.15) is 11.6 Å². The summed E-state index contributed by atoms with van der Waals surface area (Å²) in [6.07, 6.45) is 0.0467. The summed E-state index contributed by atoms with van der Waals surface area (Å²) in [5, 5.41) is 2.78. The van der Waals surface area contributed by atoms with E-state index < -0.39 is 23.5 Å². The Hall–Kier alpha value is -3.92. The van der Waals surface area contributed by atoms with Gasteiger partial charge in [-0.2, -0.15) is 0 Å². The highest BCUT2D eigenvalue weighted by atomic mass is 16.6. The molecule has 4 rings (SSSR count). The van der Waals surface area contributed by atoms with E-state index in [0.29, 0.717) is 62.2 Å². The maximum absolute atomic E-state index is 13.5. The van der Waals surface area contributed by atoms with E-state index in [4.69, 9.17) is 9.15 Å². The molecule has 0 radical (unpaired) electrons. The van der Waals surface area contributed by atoms with Gasteiger partial charge in [0.05, 0.1) is 5.52 Å². The first-order chi connectivity index (χ1) is 18.5. The summed E-state index contributed by atoms with van der Waals surface area (Å²) in [5.74, 6) is -0.748. The molecule has 39 heavy (non-hydrogen) atoms. The van der Waals surface area contributed by atoms with E-state index in [1.165, 1.54) is 0 Å². The van der Waals surface area contributed by atoms with Crippen LogP contribution in [-0.2, 0) is 16.0 Å². The van der Waals surface area contributed by atoms with Gasteiger partial charge in [0, 0.05) is 51.1 Å². The SMILES string of the molecule is Cc1ccc(C[C@H](NC(=O)OC(C)(C)C)C(=O)N2CCN(CCC(=O)c3ccc4[nH]c(=O)oc4c3)CC2)cc1. The molecule has 0 bridgehead atoms. The Morgan fingerprint density at radius 1 is 1.05 bits per heavy atom. The monoisotopic (exact) mass is 536 g/mol. The van der Waals surface area contributed by atoms with E-state index in [1.807, 2.05) is 31.2 Å². The highest BCUT2D eigenvalue weighted by Crippen LogP contribution is 2.16. The first kappa shape index (κ1) is 28.1. The number of rotatable bonds is 8. The number of aromatic nitrogens is 1. The molecule has 1 aliphatic heterocycles. The molecule has 3 aromatic rings. The Bertz CT molecular complexity index is 1380. The number of carbonyl (C=O) groups is 3. The smallest absolute Gasteiger partial charge is 0.417 e. The predicted octanol–water partition coefficient (Wildman–Crippen LogP) is 3.28. The Balaban J connectivity index is 1.32. The van der Waals surface area contributed by atoms with E-state index >= 15 is 0 Å². The Kier molecular flexibility index (Phi) is 8.54. The van der Waals surface area contributed by atoms with E-state index in [2.05, 4.69) is 15.2 Å². The number of fused-ring (bicyclic) bond motifs is 1. The minimum Gasteiger partial charge on any atom is -0.444 e. The number of H-pyrrole nitrogens is 1. The normalized spacial score (nSPS) is 15.2. The van der Waals surface area contributed by atoms with Crippen LogP contribution in [0.2, 0.25) is 0 Å². The van der Waals surface area contributed by atoms with Crippen LogP contribution in [0.25, 0.3) is 11.1 Å². The van der Waals surface area contributed by atoms with E-state index in [1.54, 1.807) is 43.9 Å². The molecule has 0 aliphatic carbocycles. The molecule has 1 aromatic heterocycles. The number of hydrogen-bond donors (Lipinski definition) is 2. The second-order valence-electron chi connectivity index (χ2n) is 11.0. The summed E-state index contributed by atoms with van der Waals surface area (Å²) in [6.45, 7) is 10.1. The van der Waals surface area contributed by atoms with Crippen molar-refractivity contribution in [3.8, 4) is 0 Å². The van der Waals surface area contributed by atoms with Crippen LogP contribution in [0.1, 0.15) is 48.7 Å². The molecular formula is C29H36N4O6. The maximum Gasteiger partial charge on any atom is 0.417 e. The number of benzene rings is 2. The van der Waals surface area contributed by atoms with Gasteiger partial charge in [0.2, 0.25) is 5.91 Å². The third kappa shape index (κ3) is 7.79. The van der Waals surface area contributed by atoms with Gasteiger partial charge in [-0.1, -0.05) is 29.8 Å². The van der Waals surface area contributed by atoms with E-state index in [9.17, 15) is 19.2 Å². The predicted molar refractivity (Wildman–Crippen MR) is 147 cm³/mol. The Morgan fingerprint density at radius 2 is 1.74 bits per heavy atom. The summed E-state index contributed by atoms with van der Waals surface area (Å²) >= 11 is 0. The van der Waals surface area contributed by atoms with Crippen molar-refractivity contribution in [2.24, 2.45) is 0 Å². The lowest BCUT2D eigenvalue weighted by atomic mass is 10.0. The number of aryl methyl sites for hydroxylation is 1. The van der Waals surface area contributed by atoms with E-state index in [-0.39, 0.29) is 11.7 Å². The summed E-state index contributed by atoms with van der Waals surface area (Å²) in [7, 11) is 0. The van der Waals surface area contributed by atoms with Crippen LogP contribution < -0.4 is 11.1 Å². The number of aromatic amines is 1. The average molecular weight is 537 g/mol. The van der Waals surface area contributed by atoms with Gasteiger partial charge in [-0.3, -0.25) is 19.5 Å². The van der Waals surface area contributed by atoms with Crippen LogP contribution >= 0.6 is 0 Å². The molecule has 2 amide bonds. The lowest BCUT2D eigenvalue weighted by molar-refractivity contribution is -0.135. The fraction of sp³-hybridized carbons (Fsp3) is 0.448. The van der Waals surface area contributed by atoms with Gasteiger partial charge in [-0.15, -0.1) is 0 Å². The Morgan fingerprint density at radius 3 is 2.41 bits per heavy atom. The fourth-order valence-corrected chi connectivity index (χ4v) is 4.54. The van der Waals surface area contributed by atoms with Gasteiger partial charge >= 0.3 is 11.8 Å². The number of nitrogens with zero attached hydrogens (tertiary/aromatic N) is 2. The zero-order valence-electron chi connectivity index (χ0n) is 22.9. The summed E-state index contributed by atoms with van der Waals surface area (Å²) in [4.78, 5) is 56.6. The van der Waals surface area contributed by atoms with Crippen molar-refractivity contribution in [2.75, 3.05) is 32.7 Å². The number of ketones is 1. The standard InChI is InChI=1S/C29H36N4O6/c1-19-5-7-20(8-6-19)17-23(31-28(37)39-29(2,3)4)26(35)33-15-13-32(14-16-33)12-11-24(34)21-9-10-22-25(18-21)38-27(36)30-22/h5-10,18,23H,11-17H2,1-4H3,(H,30,36)(H,31,37)/t23-/m0/s1. The van der Waals surface area contributed by atoms with Crippen LogP contribution in [-0.4, -0.2) is 76.9 Å². The highest BCUT2D eigenvalue weighted by molar-refractivity contribution is 5.98. The Labute approximate surface area is 227 Å². The van der Waals surface area contributed by atoms with Crippen molar-refractivity contribution in [1.29, 1.82) is 0 Å². The number of piperazine rings is 1. The van der Waals surface area contributed by atoms with Crippen LogP contribution in [0, 0.1) is 6.92 Å². The molecule has 0 saturated carbocycles. The van der Waals surface area contributed by atoms with Gasteiger partial charge < -0.3 is 19.4 Å². The third-order valence-electron chi connectivity index (χ3n) is 6.63. The number of Topliss-reactive ketones (excluding diaryl/α,β-unsaturated/α-hetero) is 1. The quantitative estimate of drug-likeness (QED) is 0.423. The number of amides is 2. The fourth-order valence-electron chi connectivity index (χ4n) is 4.54. The van der Waals surface area contributed by atoms with Gasteiger partial charge in [-0.05, 0) is 51.5 Å². The maximum atomic E-state index is 13.5. The second-order valence-corrected chi connectivity index (χ2v) is 11.0. The molecule has 2 aromatic carbocycles. The summed E-state index contributed by atoms with van der Waals surface area (Å²) in [5.41, 5.74) is 2.80. The van der Waals surface area contributed by atoms with Crippen molar-refractivity contribution < 1.29 is 23.5 Å². The highest BCUT2D eigenvalue weighted by Gasteiger charge is 2.30. The van der Waals surface area contributed by atoms with Crippen LogP contribution in [0.4, 0.5) is 4.79 Å².